The van der Waals surface area contributed by atoms with Crippen LogP contribution in [0.25, 0.3) is 0 Å². The van der Waals surface area contributed by atoms with Crippen molar-refractivity contribution in [2.45, 2.75) is 57.5 Å². The fourth-order valence-corrected chi connectivity index (χ4v) is 5.82. The Morgan fingerprint density at radius 1 is 1.00 bits per heavy atom. The summed E-state index contributed by atoms with van der Waals surface area (Å²) in [6, 6.07) is 14.0. The van der Waals surface area contributed by atoms with Gasteiger partial charge >= 0.3 is 0 Å². The van der Waals surface area contributed by atoms with Crippen LogP contribution in [0.4, 0.5) is 5.69 Å². The molecule has 1 aliphatic carbocycles. The van der Waals surface area contributed by atoms with Gasteiger partial charge in [0, 0.05) is 27.0 Å². The van der Waals surface area contributed by atoms with Gasteiger partial charge in [0.2, 0.25) is 11.8 Å². The number of rotatable bonds is 8. The maximum Gasteiger partial charge on any atom is 0.248 e. The van der Waals surface area contributed by atoms with E-state index >= 15 is 0 Å². The number of thiophene rings is 2. The summed E-state index contributed by atoms with van der Waals surface area (Å²) in [4.78, 5) is 42.8. The van der Waals surface area contributed by atoms with Crippen molar-refractivity contribution in [3.63, 3.8) is 0 Å². The predicted octanol–water partition coefficient (Wildman–Crippen LogP) is 5.78. The molecule has 2 heterocycles. The van der Waals surface area contributed by atoms with Crippen LogP contribution in [0.2, 0.25) is 0 Å². The molecule has 1 N–H and O–H groups in total. The first-order valence-electron chi connectivity index (χ1n) is 11.3. The minimum absolute atomic E-state index is 0.0816. The van der Waals surface area contributed by atoms with E-state index in [2.05, 4.69) is 5.32 Å². The molecule has 0 saturated heterocycles. The zero-order chi connectivity index (χ0) is 23.2. The lowest BCUT2D eigenvalue weighted by atomic mass is 9.95. The van der Waals surface area contributed by atoms with E-state index in [1.54, 1.807) is 29.2 Å². The van der Waals surface area contributed by atoms with Gasteiger partial charge in [-0.05, 0) is 54.8 Å². The summed E-state index contributed by atoms with van der Waals surface area (Å²) in [5.41, 5.74) is 1.07. The van der Waals surface area contributed by atoms with E-state index in [1.165, 1.54) is 36.0 Å². The normalized spacial score (nSPS) is 15.1. The number of nitrogens with one attached hydrogen (secondary N) is 1. The topological polar surface area (TPSA) is 66.5 Å². The second-order valence-corrected chi connectivity index (χ2v) is 10.4. The van der Waals surface area contributed by atoms with Crippen LogP contribution < -0.4 is 10.2 Å². The SMILES string of the molecule is CC(=O)c1cccc(N(C(=O)Cc2cccs2)[C@H](C(=O)NC2CCCCC2)c2cccs2)c1. The molecule has 1 aromatic carbocycles. The molecule has 7 heteroatoms. The minimum Gasteiger partial charge on any atom is -0.351 e. The van der Waals surface area contributed by atoms with Crippen molar-refractivity contribution in [1.82, 2.24) is 5.32 Å². The Bertz CT molecular complexity index is 1090. The number of Topliss-reactive ketones (excluding diaryl/α,β-unsaturated/α-hetero) is 1. The first-order chi connectivity index (χ1) is 16.0. The summed E-state index contributed by atoms with van der Waals surface area (Å²) in [5, 5.41) is 7.08. The third kappa shape index (κ3) is 5.78. The number of nitrogens with zero attached hydrogens (tertiary/aromatic N) is 1. The highest BCUT2D eigenvalue weighted by Gasteiger charge is 2.35. The molecule has 2 amide bonds. The number of hydrogen-bond acceptors (Lipinski definition) is 5. The molecule has 2 aromatic heterocycles. The number of ketones is 1. The molecule has 5 nitrogen and oxygen atoms in total. The Hall–Kier alpha value is -2.77. The van der Waals surface area contributed by atoms with Crippen molar-refractivity contribution < 1.29 is 14.4 Å². The van der Waals surface area contributed by atoms with Crippen molar-refractivity contribution in [3.8, 4) is 0 Å². The van der Waals surface area contributed by atoms with Crippen LogP contribution in [-0.4, -0.2) is 23.6 Å². The average molecular weight is 481 g/mol. The lowest BCUT2D eigenvalue weighted by Gasteiger charge is -2.33. The molecule has 0 bridgehead atoms. The fraction of sp³-hybridized carbons (Fsp3) is 0.346. The first kappa shape index (κ1) is 23.4. The van der Waals surface area contributed by atoms with Gasteiger partial charge in [-0.2, -0.15) is 0 Å². The highest BCUT2D eigenvalue weighted by Crippen LogP contribution is 2.33. The summed E-state index contributed by atoms with van der Waals surface area (Å²) in [7, 11) is 0. The van der Waals surface area contributed by atoms with Crippen LogP contribution in [0, 0.1) is 0 Å². The summed E-state index contributed by atoms with van der Waals surface area (Å²) < 4.78 is 0. The Morgan fingerprint density at radius 2 is 1.76 bits per heavy atom. The smallest absolute Gasteiger partial charge is 0.248 e. The van der Waals surface area contributed by atoms with Crippen molar-refractivity contribution >= 4 is 46.0 Å². The van der Waals surface area contributed by atoms with Crippen LogP contribution in [0.3, 0.4) is 0 Å². The van der Waals surface area contributed by atoms with E-state index in [-0.39, 0.29) is 30.1 Å². The molecule has 1 atom stereocenters. The molecule has 3 aromatic rings. The lowest BCUT2D eigenvalue weighted by molar-refractivity contribution is -0.127. The van der Waals surface area contributed by atoms with E-state index in [9.17, 15) is 14.4 Å². The molecule has 0 radical (unpaired) electrons. The van der Waals surface area contributed by atoms with Crippen LogP contribution >= 0.6 is 22.7 Å². The standard InChI is InChI=1S/C26H28N2O3S2/c1-18(29)19-8-5-11-21(16-19)28(24(30)17-22-12-6-14-32-22)25(23-13-7-15-33-23)26(31)27-20-9-3-2-4-10-20/h5-8,11-16,20,25H,2-4,9-10,17H2,1H3,(H,27,31)/t25-/m0/s1. The third-order valence-electron chi connectivity index (χ3n) is 5.98. The molecule has 0 aliphatic heterocycles. The molecular weight excluding hydrogens is 452 g/mol. The van der Waals surface area contributed by atoms with Crippen molar-refractivity contribution in [1.29, 1.82) is 0 Å². The summed E-state index contributed by atoms with van der Waals surface area (Å²) in [6.45, 7) is 1.50. The molecule has 33 heavy (non-hydrogen) atoms. The quantitative estimate of drug-likeness (QED) is 0.416. The predicted molar refractivity (Wildman–Crippen MR) is 134 cm³/mol. The second kappa shape index (κ2) is 10.9. The Morgan fingerprint density at radius 3 is 2.42 bits per heavy atom. The van der Waals surface area contributed by atoms with Gasteiger partial charge in [0.15, 0.2) is 5.78 Å². The van der Waals surface area contributed by atoms with E-state index in [0.29, 0.717) is 11.3 Å². The molecule has 1 fully saturated rings. The zero-order valence-corrected chi connectivity index (χ0v) is 20.3. The number of hydrogen-bond donors (Lipinski definition) is 1. The van der Waals surface area contributed by atoms with Crippen LogP contribution in [0.5, 0.6) is 0 Å². The van der Waals surface area contributed by atoms with Gasteiger partial charge < -0.3 is 5.32 Å². The molecular formula is C26H28N2O3S2. The maximum absolute atomic E-state index is 13.7. The molecule has 1 saturated carbocycles. The Balaban J connectivity index is 1.73. The van der Waals surface area contributed by atoms with E-state index in [0.717, 1.165) is 35.4 Å². The Kier molecular flexibility index (Phi) is 7.73. The highest BCUT2D eigenvalue weighted by atomic mass is 32.1. The molecule has 0 spiro atoms. The number of benzene rings is 1. The minimum atomic E-state index is -0.790. The van der Waals surface area contributed by atoms with Crippen molar-refractivity contribution in [3.05, 3.63) is 74.6 Å². The van der Waals surface area contributed by atoms with Crippen molar-refractivity contribution in [2.24, 2.45) is 0 Å². The van der Waals surface area contributed by atoms with Gasteiger partial charge in [0.25, 0.3) is 0 Å². The van der Waals surface area contributed by atoms with Gasteiger partial charge in [-0.15, -0.1) is 22.7 Å². The van der Waals surface area contributed by atoms with Crippen LogP contribution in [0.1, 0.15) is 65.2 Å². The fourth-order valence-electron chi connectivity index (χ4n) is 4.31. The molecule has 4 rings (SSSR count). The Labute approximate surface area is 202 Å². The van der Waals surface area contributed by atoms with Gasteiger partial charge in [0.05, 0.1) is 6.42 Å². The number of carbonyl (C=O) groups is 3. The first-order valence-corrected chi connectivity index (χ1v) is 13.1. The number of amides is 2. The van der Waals surface area contributed by atoms with Crippen LogP contribution in [-0.2, 0) is 16.0 Å². The van der Waals surface area contributed by atoms with E-state index < -0.39 is 6.04 Å². The lowest BCUT2D eigenvalue weighted by Crippen LogP contribution is -2.47. The van der Waals surface area contributed by atoms with E-state index in [1.807, 2.05) is 35.0 Å². The van der Waals surface area contributed by atoms with Crippen LogP contribution in [0.15, 0.2) is 59.3 Å². The van der Waals surface area contributed by atoms with Gasteiger partial charge in [0.1, 0.15) is 6.04 Å². The molecule has 0 unspecified atom stereocenters. The molecule has 1 aliphatic rings. The molecule has 172 valence electrons. The summed E-state index contributed by atoms with van der Waals surface area (Å²) in [6.07, 6.45) is 5.54. The summed E-state index contributed by atoms with van der Waals surface area (Å²) in [5.74, 6) is -0.422. The van der Waals surface area contributed by atoms with Gasteiger partial charge in [-0.25, -0.2) is 0 Å². The van der Waals surface area contributed by atoms with Crippen molar-refractivity contribution in [2.75, 3.05) is 4.90 Å². The number of carbonyl (C=O) groups excluding carboxylic acids is 3. The second-order valence-electron chi connectivity index (χ2n) is 8.39. The average Bonchev–Trinajstić information content (AvgIpc) is 3.52. The number of anilines is 1. The monoisotopic (exact) mass is 480 g/mol. The van der Waals surface area contributed by atoms with Gasteiger partial charge in [-0.3, -0.25) is 19.3 Å². The van der Waals surface area contributed by atoms with Gasteiger partial charge in [-0.1, -0.05) is 43.5 Å². The summed E-state index contributed by atoms with van der Waals surface area (Å²) >= 11 is 2.98. The van der Waals surface area contributed by atoms with E-state index in [4.69, 9.17) is 0 Å². The zero-order valence-electron chi connectivity index (χ0n) is 18.7. The third-order valence-corrected chi connectivity index (χ3v) is 7.78. The largest absolute Gasteiger partial charge is 0.351 e. The highest BCUT2D eigenvalue weighted by molar-refractivity contribution is 7.10. The maximum atomic E-state index is 13.7.